The van der Waals surface area contributed by atoms with Crippen molar-refractivity contribution in [2.24, 2.45) is 0 Å². The number of alkyl halides is 3. The highest BCUT2D eigenvalue weighted by Gasteiger charge is 2.43. The largest absolute Gasteiger partial charge is 0.418 e. The van der Waals surface area contributed by atoms with Crippen LogP contribution in [0, 0.1) is 0 Å². The van der Waals surface area contributed by atoms with Crippen molar-refractivity contribution in [3.8, 4) is 0 Å². The average Bonchev–Trinajstić information content (AvgIpc) is 3.21. The summed E-state index contributed by atoms with van der Waals surface area (Å²) in [6.07, 6.45) is -2.46. The van der Waals surface area contributed by atoms with E-state index in [1.807, 2.05) is 18.3 Å². The number of fused-ring (bicyclic) bond motifs is 1. The van der Waals surface area contributed by atoms with Gasteiger partial charge in [0.25, 0.3) is 5.91 Å². The van der Waals surface area contributed by atoms with E-state index in [0.717, 1.165) is 28.6 Å². The van der Waals surface area contributed by atoms with Gasteiger partial charge in [-0.2, -0.15) is 13.2 Å². The van der Waals surface area contributed by atoms with Crippen LogP contribution in [0.15, 0.2) is 48.7 Å². The molecule has 0 aliphatic carbocycles. The van der Waals surface area contributed by atoms with Crippen molar-refractivity contribution in [2.45, 2.75) is 25.1 Å². The summed E-state index contributed by atoms with van der Waals surface area (Å²) < 4.78 is 39.9. The van der Waals surface area contributed by atoms with Crippen LogP contribution in [0.4, 0.5) is 18.9 Å². The Morgan fingerprint density at radius 3 is 2.70 bits per heavy atom. The van der Waals surface area contributed by atoms with E-state index in [1.54, 1.807) is 6.07 Å². The Morgan fingerprint density at radius 2 is 1.93 bits per heavy atom. The van der Waals surface area contributed by atoms with Gasteiger partial charge in [0, 0.05) is 28.7 Å². The summed E-state index contributed by atoms with van der Waals surface area (Å²) in [5.41, 5.74) is 0.464. The summed E-state index contributed by atoms with van der Waals surface area (Å²) in [5.74, 6) is -1.34. The summed E-state index contributed by atoms with van der Waals surface area (Å²) in [5, 5.41) is 4.56. The third kappa shape index (κ3) is 3.80. The molecule has 2 N–H and O–H groups in total. The van der Waals surface area contributed by atoms with Crippen molar-refractivity contribution in [1.29, 1.82) is 0 Å². The van der Waals surface area contributed by atoms with E-state index in [2.05, 4.69) is 10.3 Å². The highest BCUT2D eigenvalue weighted by molar-refractivity contribution is 6.31. The molecular formula is C21H17ClF3N3O2. The molecule has 0 saturated carbocycles. The lowest BCUT2D eigenvalue weighted by atomic mass is 10.1. The van der Waals surface area contributed by atoms with Crippen LogP contribution in [0.5, 0.6) is 0 Å². The second-order valence-electron chi connectivity index (χ2n) is 7.05. The van der Waals surface area contributed by atoms with Gasteiger partial charge in [0.1, 0.15) is 0 Å². The minimum atomic E-state index is -4.67. The molecule has 1 aliphatic heterocycles. The average molecular weight is 436 g/mol. The number of carbonyl (C=O) groups excluding carboxylic acids is 2. The molecule has 9 heteroatoms. The lowest BCUT2D eigenvalue weighted by Crippen LogP contribution is -2.40. The van der Waals surface area contributed by atoms with Crippen molar-refractivity contribution in [1.82, 2.24) is 10.3 Å². The van der Waals surface area contributed by atoms with Gasteiger partial charge in [-0.3, -0.25) is 9.59 Å². The highest BCUT2D eigenvalue weighted by atomic mass is 35.5. The normalized spacial score (nSPS) is 17.3. The van der Waals surface area contributed by atoms with E-state index in [-0.39, 0.29) is 6.42 Å². The molecule has 1 fully saturated rings. The summed E-state index contributed by atoms with van der Waals surface area (Å²) in [4.78, 5) is 28.8. The number of carbonyl (C=O) groups is 2. The number of aromatic amines is 1. The minimum Gasteiger partial charge on any atom is -0.361 e. The number of hydrogen-bond acceptors (Lipinski definition) is 3. The van der Waals surface area contributed by atoms with Gasteiger partial charge in [-0.15, -0.1) is 0 Å². The number of anilines is 1. The van der Waals surface area contributed by atoms with Gasteiger partial charge in [0.15, 0.2) is 0 Å². The molecule has 2 aromatic carbocycles. The van der Waals surface area contributed by atoms with E-state index in [1.165, 1.54) is 12.1 Å². The zero-order valence-corrected chi connectivity index (χ0v) is 16.3. The lowest BCUT2D eigenvalue weighted by Gasteiger charge is -2.20. The summed E-state index contributed by atoms with van der Waals surface area (Å²) in [7, 11) is 0. The van der Waals surface area contributed by atoms with Crippen molar-refractivity contribution in [3.05, 3.63) is 64.8 Å². The number of para-hydroxylation sites is 1. The molecular weight excluding hydrogens is 419 g/mol. The minimum absolute atomic E-state index is 0.190. The zero-order valence-electron chi connectivity index (χ0n) is 15.6. The van der Waals surface area contributed by atoms with E-state index in [4.69, 9.17) is 11.6 Å². The number of rotatable bonds is 5. The summed E-state index contributed by atoms with van der Waals surface area (Å²) in [6.45, 7) is 0.373. The Hall–Kier alpha value is -2.84. The van der Waals surface area contributed by atoms with E-state index in [9.17, 15) is 22.8 Å². The van der Waals surface area contributed by atoms with Gasteiger partial charge in [0.05, 0.1) is 23.7 Å². The van der Waals surface area contributed by atoms with E-state index in [0.29, 0.717) is 22.9 Å². The lowest BCUT2D eigenvalue weighted by molar-refractivity contribution is -0.137. The molecule has 1 saturated heterocycles. The number of imide groups is 1. The number of hydrogen-bond donors (Lipinski definition) is 2. The number of H-pyrrole nitrogens is 1. The number of aromatic nitrogens is 1. The second kappa shape index (κ2) is 7.77. The fourth-order valence-electron chi connectivity index (χ4n) is 3.69. The van der Waals surface area contributed by atoms with E-state index >= 15 is 0 Å². The Labute approximate surface area is 174 Å². The third-order valence-electron chi connectivity index (χ3n) is 5.11. The summed E-state index contributed by atoms with van der Waals surface area (Å²) in [6, 6.07) is 9.20. The summed E-state index contributed by atoms with van der Waals surface area (Å²) >= 11 is 6.04. The maximum atomic E-state index is 13.3. The third-order valence-corrected chi connectivity index (χ3v) is 5.35. The fraction of sp³-hybridized carbons (Fsp3) is 0.238. The Morgan fingerprint density at radius 1 is 1.17 bits per heavy atom. The molecule has 1 atom stereocenters. The molecule has 0 unspecified atom stereocenters. The molecule has 0 bridgehead atoms. The first kappa shape index (κ1) is 20.4. The fourth-order valence-corrected chi connectivity index (χ4v) is 3.86. The van der Waals surface area contributed by atoms with Crippen molar-refractivity contribution >= 4 is 40.0 Å². The number of amides is 2. The molecule has 30 heavy (non-hydrogen) atoms. The van der Waals surface area contributed by atoms with Crippen LogP contribution in [-0.2, 0) is 22.2 Å². The standard InChI is InChI=1S/C21H17ClF3N3O2/c22-13-5-6-16-14(9-13)12(11-27-16)7-8-26-17-10-19(29)28(20(17)30)18-4-2-1-3-15(18)21(23,24)25/h1-6,9,11,17,26-27H,7-8,10H2/t17-/m0/s1. The predicted octanol–water partition coefficient (Wildman–Crippen LogP) is 4.30. The van der Waals surface area contributed by atoms with Crippen LogP contribution < -0.4 is 10.2 Å². The Balaban J connectivity index is 1.47. The molecule has 1 aromatic heterocycles. The zero-order chi connectivity index (χ0) is 21.5. The number of nitrogens with zero attached hydrogens (tertiary/aromatic N) is 1. The predicted molar refractivity (Wildman–Crippen MR) is 107 cm³/mol. The number of nitrogens with one attached hydrogen (secondary N) is 2. The maximum absolute atomic E-state index is 13.3. The maximum Gasteiger partial charge on any atom is 0.418 e. The van der Waals surface area contributed by atoms with Gasteiger partial charge < -0.3 is 10.3 Å². The topological polar surface area (TPSA) is 65.2 Å². The molecule has 4 rings (SSSR count). The smallest absolute Gasteiger partial charge is 0.361 e. The molecule has 5 nitrogen and oxygen atoms in total. The molecule has 2 heterocycles. The number of halogens is 4. The molecule has 1 aliphatic rings. The monoisotopic (exact) mass is 435 g/mol. The Bertz CT molecular complexity index is 1130. The van der Waals surface area contributed by atoms with Crippen LogP contribution in [0.1, 0.15) is 17.5 Å². The van der Waals surface area contributed by atoms with Crippen LogP contribution in [0.2, 0.25) is 5.02 Å². The van der Waals surface area contributed by atoms with Crippen LogP contribution in [0.3, 0.4) is 0 Å². The van der Waals surface area contributed by atoms with Gasteiger partial charge in [-0.1, -0.05) is 23.7 Å². The van der Waals surface area contributed by atoms with Gasteiger partial charge in [-0.05, 0) is 42.3 Å². The van der Waals surface area contributed by atoms with E-state index < -0.39 is 35.3 Å². The molecule has 3 aromatic rings. The first-order valence-electron chi connectivity index (χ1n) is 9.27. The van der Waals surface area contributed by atoms with Gasteiger partial charge >= 0.3 is 6.18 Å². The Kier molecular flexibility index (Phi) is 5.29. The van der Waals surface area contributed by atoms with Gasteiger partial charge in [-0.25, -0.2) is 4.90 Å². The van der Waals surface area contributed by atoms with Crippen LogP contribution >= 0.6 is 11.6 Å². The molecule has 156 valence electrons. The SMILES string of the molecule is O=C1C[C@H](NCCc2c[nH]c3ccc(Cl)cc23)C(=O)N1c1ccccc1C(F)(F)F. The first-order chi connectivity index (χ1) is 14.3. The quantitative estimate of drug-likeness (QED) is 0.587. The van der Waals surface area contributed by atoms with Crippen molar-refractivity contribution in [2.75, 3.05) is 11.4 Å². The van der Waals surface area contributed by atoms with Crippen LogP contribution in [0.25, 0.3) is 10.9 Å². The van der Waals surface area contributed by atoms with Gasteiger partial charge in [0.2, 0.25) is 5.91 Å². The molecule has 0 spiro atoms. The first-order valence-corrected chi connectivity index (χ1v) is 9.65. The van der Waals surface area contributed by atoms with Crippen LogP contribution in [-0.4, -0.2) is 29.4 Å². The molecule has 0 radical (unpaired) electrons. The van der Waals surface area contributed by atoms with Crippen molar-refractivity contribution in [3.63, 3.8) is 0 Å². The number of benzene rings is 2. The molecule has 2 amide bonds. The van der Waals surface area contributed by atoms with Crippen molar-refractivity contribution < 1.29 is 22.8 Å². The highest BCUT2D eigenvalue weighted by Crippen LogP contribution is 2.38. The second-order valence-corrected chi connectivity index (χ2v) is 7.48.